The Bertz CT molecular complexity index is 565. The van der Waals surface area contributed by atoms with Crippen molar-refractivity contribution in [1.82, 2.24) is 4.98 Å². The van der Waals surface area contributed by atoms with Crippen molar-refractivity contribution >= 4 is 32.7 Å². The zero-order chi connectivity index (χ0) is 12.4. The average molecular weight is 252 g/mol. The quantitative estimate of drug-likeness (QED) is 0.874. The number of hydrogen-bond acceptors (Lipinski definition) is 5. The zero-order valence-corrected chi connectivity index (χ0v) is 10.3. The van der Waals surface area contributed by atoms with E-state index < -0.39 is 5.97 Å². The molecule has 0 saturated carbocycles. The van der Waals surface area contributed by atoms with Crippen LogP contribution in [0.4, 0.5) is 5.13 Å². The molecule has 0 atom stereocenters. The lowest BCUT2D eigenvalue weighted by Crippen LogP contribution is -1.99. The minimum atomic E-state index is -0.998. The number of aromatic nitrogens is 1. The summed E-state index contributed by atoms with van der Waals surface area (Å²) >= 11 is 1.43. The van der Waals surface area contributed by atoms with Crippen molar-refractivity contribution in [3.8, 4) is 5.75 Å². The molecule has 2 N–H and O–H groups in total. The van der Waals surface area contributed by atoms with Crippen molar-refractivity contribution in [2.75, 3.05) is 19.0 Å². The van der Waals surface area contributed by atoms with E-state index in [0.29, 0.717) is 5.75 Å². The van der Waals surface area contributed by atoms with Gasteiger partial charge in [0.15, 0.2) is 5.13 Å². The number of fused-ring (bicyclic) bond motifs is 1. The second kappa shape index (κ2) is 4.58. The van der Waals surface area contributed by atoms with E-state index in [9.17, 15) is 4.79 Å². The van der Waals surface area contributed by atoms with E-state index in [2.05, 4.69) is 10.3 Å². The zero-order valence-electron chi connectivity index (χ0n) is 9.48. The van der Waals surface area contributed by atoms with Gasteiger partial charge in [0.1, 0.15) is 11.3 Å². The smallest absolute Gasteiger partial charge is 0.339 e. The number of methoxy groups -OCH3 is 1. The highest BCUT2D eigenvalue weighted by Crippen LogP contribution is 2.31. The van der Waals surface area contributed by atoms with E-state index >= 15 is 0 Å². The summed E-state index contributed by atoms with van der Waals surface area (Å²) in [7, 11) is 1.45. The van der Waals surface area contributed by atoms with Crippen LogP contribution in [0, 0.1) is 0 Å². The minimum Gasteiger partial charge on any atom is -0.496 e. The maximum atomic E-state index is 11.0. The minimum absolute atomic E-state index is 0.159. The summed E-state index contributed by atoms with van der Waals surface area (Å²) in [5.74, 6) is -0.666. The van der Waals surface area contributed by atoms with Crippen LogP contribution in [0.15, 0.2) is 12.1 Å². The fourth-order valence-electron chi connectivity index (χ4n) is 1.52. The van der Waals surface area contributed by atoms with Gasteiger partial charge in [0.05, 0.1) is 17.3 Å². The van der Waals surface area contributed by atoms with Gasteiger partial charge in [0.25, 0.3) is 0 Å². The third kappa shape index (κ3) is 2.16. The molecule has 0 aliphatic carbocycles. The van der Waals surface area contributed by atoms with Crippen LogP contribution < -0.4 is 10.1 Å². The largest absolute Gasteiger partial charge is 0.496 e. The monoisotopic (exact) mass is 252 g/mol. The van der Waals surface area contributed by atoms with Gasteiger partial charge in [0, 0.05) is 12.6 Å². The molecule has 0 aliphatic rings. The molecule has 0 unspecified atom stereocenters. The molecule has 2 aromatic rings. The second-order valence-corrected chi connectivity index (χ2v) is 4.41. The normalized spacial score (nSPS) is 10.5. The molecular formula is C11H12N2O3S. The maximum Gasteiger partial charge on any atom is 0.339 e. The van der Waals surface area contributed by atoms with Crippen LogP contribution in [0.3, 0.4) is 0 Å². The van der Waals surface area contributed by atoms with Gasteiger partial charge < -0.3 is 15.2 Å². The number of rotatable bonds is 4. The Labute approximate surface area is 102 Å². The van der Waals surface area contributed by atoms with E-state index in [1.165, 1.54) is 18.4 Å². The van der Waals surface area contributed by atoms with Crippen molar-refractivity contribution < 1.29 is 14.6 Å². The van der Waals surface area contributed by atoms with Crippen LogP contribution in [0.5, 0.6) is 5.75 Å². The van der Waals surface area contributed by atoms with Gasteiger partial charge >= 0.3 is 5.97 Å². The number of thiazole rings is 1. The highest BCUT2D eigenvalue weighted by atomic mass is 32.1. The summed E-state index contributed by atoms with van der Waals surface area (Å²) in [4.78, 5) is 15.4. The van der Waals surface area contributed by atoms with E-state index in [-0.39, 0.29) is 5.56 Å². The average Bonchev–Trinajstić information content (AvgIpc) is 2.68. The Balaban J connectivity index is 2.57. The Hall–Kier alpha value is -1.82. The number of nitrogens with zero attached hydrogens (tertiary/aromatic N) is 1. The van der Waals surface area contributed by atoms with Crippen molar-refractivity contribution in [1.29, 1.82) is 0 Å². The third-order valence-corrected chi connectivity index (χ3v) is 3.24. The lowest BCUT2D eigenvalue weighted by molar-refractivity contribution is 0.0693. The van der Waals surface area contributed by atoms with Crippen molar-refractivity contribution in [2.45, 2.75) is 6.92 Å². The molecule has 17 heavy (non-hydrogen) atoms. The number of hydrogen-bond donors (Lipinski definition) is 2. The molecule has 1 heterocycles. The van der Waals surface area contributed by atoms with E-state index in [4.69, 9.17) is 9.84 Å². The molecule has 6 heteroatoms. The van der Waals surface area contributed by atoms with Gasteiger partial charge in [0.2, 0.25) is 0 Å². The molecule has 5 nitrogen and oxygen atoms in total. The fraction of sp³-hybridized carbons (Fsp3) is 0.273. The first-order valence-electron chi connectivity index (χ1n) is 5.11. The van der Waals surface area contributed by atoms with Crippen LogP contribution in [0.1, 0.15) is 17.3 Å². The standard InChI is InChI=1S/C11H12N2O3S/c1-3-12-11-13-7-5-8(16-2)6(10(14)15)4-9(7)17-11/h4-5H,3H2,1-2H3,(H,12,13)(H,14,15). The number of nitrogens with one attached hydrogen (secondary N) is 1. The van der Waals surface area contributed by atoms with Gasteiger partial charge in [-0.3, -0.25) is 0 Å². The first kappa shape index (κ1) is 11.7. The Kier molecular flexibility index (Phi) is 3.14. The van der Waals surface area contributed by atoms with Crippen LogP contribution in [-0.4, -0.2) is 29.7 Å². The maximum absolute atomic E-state index is 11.0. The van der Waals surface area contributed by atoms with Gasteiger partial charge in [-0.1, -0.05) is 11.3 Å². The van der Waals surface area contributed by atoms with Gasteiger partial charge in [-0.25, -0.2) is 9.78 Å². The van der Waals surface area contributed by atoms with Crippen molar-refractivity contribution in [2.24, 2.45) is 0 Å². The lowest BCUT2D eigenvalue weighted by Gasteiger charge is -2.03. The van der Waals surface area contributed by atoms with Crippen molar-refractivity contribution in [3.05, 3.63) is 17.7 Å². The highest BCUT2D eigenvalue weighted by molar-refractivity contribution is 7.22. The molecule has 0 radical (unpaired) electrons. The number of aromatic carboxylic acids is 1. The molecule has 0 amide bonds. The summed E-state index contributed by atoms with van der Waals surface area (Å²) in [6, 6.07) is 3.24. The summed E-state index contributed by atoms with van der Waals surface area (Å²) in [5.41, 5.74) is 0.902. The number of benzene rings is 1. The topological polar surface area (TPSA) is 71.5 Å². The molecular weight excluding hydrogens is 240 g/mol. The summed E-state index contributed by atoms with van der Waals surface area (Å²) in [5, 5.41) is 12.9. The number of carboxylic acid groups (broad SMARTS) is 1. The highest BCUT2D eigenvalue weighted by Gasteiger charge is 2.14. The number of anilines is 1. The van der Waals surface area contributed by atoms with Crippen LogP contribution >= 0.6 is 11.3 Å². The van der Waals surface area contributed by atoms with Crippen LogP contribution in [-0.2, 0) is 0 Å². The number of carboxylic acids is 1. The predicted molar refractivity (Wildman–Crippen MR) is 67.3 cm³/mol. The molecule has 0 spiro atoms. The number of carbonyl (C=O) groups is 1. The van der Waals surface area contributed by atoms with Crippen LogP contribution in [0.2, 0.25) is 0 Å². The Morgan fingerprint density at radius 1 is 1.59 bits per heavy atom. The Morgan fingerprint density at radius 3 is 2.94 bits per heavy atom. The van der Waals surface area contributed by atoms with Gasteiger partial charge in [-0.2, -0.15) is 0 Å². The SMILES string of the molecule is CCNc1nc2cc(OC)c(C(=O)O)cc2s1. The second-order valence-electron chi connectivity index (χ2n) is 3.37. The summed E-state index contributed by atoms with van der Waals surface area (Å²) in [6.45, 7) is 2.76. The molecule has 0 aliphatic heterocycles. The Morgan fingerprint density at radius 2 is 2.35 bits per heavy atom. The van der Waals surface area contributed by atoms with Gasteiger partial charge in [-0.15, -0.1) is 0 Å². The molecule has 0 fully saturated rings. The molecule has 90 valence electrons. The molecule has 1 aromatic heterocycles. The lowest BCUT2D eigenvalue weighted by atomic mass is 10.2. The first-order valence-corrected chi connectivity index (χ1v) is 5.93. The van der Waals surface area contributed by atoms with E-state index in [1.807, 2.05) is 6.92 Å². The predicted octanol–water partition coefficient (Wildman–Crippen LogP) is 2.43. The van der Waals surface area contributed by atoms with E-state index in [1.54, 1.807) is 12.1 Å². The molecule has 2 rings (SSSR count). The third-order valence-electron chi connectivity index (χ3n) is 2.27. The van der Waals surface area contributed by atoms with Crippen LogP contribution in [0.25, 0.3) is 10.2 Å². The molecule has 1 aromatic carbocycles. The summed E-state index contributed by atoms with van der Waals surface area (Å²) < 4.78 is 5.88. The van der Waals surface area contributed by atoms with Gasteiger partial charge in [-0.05, 0) is 13.0 Å². The van der Waals surface area contributed by atoms with E-state index in [0.717, 1.165) is 21.9 Å². The number of ether oxygens (including phenoxy) is 1. The fourth-order valence-corrected chi connectivity index (χ4v) is 2.47. The van der Waals surface area contributed by atoms with Crippen molar-refractivity contribution in [3.63, 3.8) is 0 Å². The summed E-state index contributed by atoms with van der Waals surface area (Å²) in [6.07, 6.45) is 0. The first-order chi connectivity index (χ1) is 8.15. The molecule has 0 saturated heterocycles. The molecule has 0 bridgehead atoms.